The fraction of sp³-hybridized carbons (Fsp3) is 0.333. The number of H-pyrrole nitrogens is 1. The van der Waals surface area contributed by atoms with E-state index in [9.17, 15) is 13.6 Å². The summed E-state index contributed by atoms with van der Waals surface area (Å²) in [6.07, 6.45) is 2.52. The normalized spacial score (nSPS) is 17.6. The number of halogens is 2. The maximum atomic E-state index is 13.1. The van der Waals surface area contributed by atoms with Gasteiger partial charge in [-0.2, -0.15) is 5.10 Å². The van der Waals surface area contributed by atoms with Gasteiger partial charge in [-0.15, -0.1) is 0 Å². The Morgan fingerprint density at radius 2 is 2.23 bits per heavy atom. The summed E-state index contributed by atoms with van der Waals surface area (Å²) in [6.45, 7) is 1.78. The minimum Gasteiger partial charge on any atom is -0.323 e. The second-order valence-electron chi connectivity index (χ2n) is 5.36. The number of aromatic nitrogens is 2. The number of benzene rings is 1. The van der Waals surface area contributed by atoms with Crippen molar-refractivity contribution in [2.75, 3.05) is 18.4 Å². The van der Waals surface area contributed by atoms with Gasteiger partial charge >= 0.3 is 0 Å². The molecule has 1 aromatic heterocycles. The maximum Gasteiger partial charge on any atom is 0.228 e. The van der Waals surface area contributed by atoms with Gasteiger partial charge in [0.2, 0.25) is 5.91 Å². The van der Waals surface area contributed by atoms with Gasteiger partial charge in [-0.1, -0.05) is 6.07 Å². The summed E-state index contributed by atoms with van der Waals surface area (Å²) in [6, 6.07) is 3.45. The number of hydrogen-bond donors (Lipinski definition) is 3. The molecule has 2 aromatic rings. The van der Waals surface area contributed by atoms with Gasteiger partial charge < -0.3 is 10.6 Å². The van der Waals surface area contributed by atoms with E-state index in [1.54, 1.807) is 6.20 Å². The SMILES string of the molecule is O=C(Cc1ccc(F)c(F)c1)Nc1cn[nH]c1C1CCNC1. The third-order valence-electron chi connectivity index (χ3n) is 3.76. The molecule has 0 bridgehead atoms. The van der Waals surface area contributed by atoms with Crippen molar-refractivity contribution in [2.45, 2.75) is 18.8 Å². The van der Waals surface area contributed by atoms with Crippen LogP contribution >= 0.6 is 0 Å². The van der Waals surface area contributed by atoms with E-state index in [1.807, 2.05) is 0 Å². The van der Waals surface area contributed by atoms with Gasteiger partial charge in [-0.3, -0.25) is 9.89 Å². The van der Waals surface area contributed by atoms with Crippen LogP contribution in [0.3, 0.4) is 0 Å². The third-order valence-corrected chi connectivity index (χ3v) is 3.76. The Morgan fingerprint density at radius 3 is 2.95 bits per heavy atom. The van der Waals surface area contributed by atoms with Gasteiger partial charge in [0.05, 0.1) is 24.0 Å². The zero-order valence-electron chi connectivity index (χ0n) is 11.8. The highest BCUT2D eigenvalue weighted by atomic mass is 19.2. The second kappa shape index (κ2) is 6.23. The van der Waals surface area contributed by atoms with Crippen LogP contribution in [0.2, 0.25) is 0 Å². The Kier molecular flexibility index (Phi) is 4.15. The summed E-state index contributed by atoms with van der Waals surface area (Å²) in [4.78, 5) is 12.1. The Bertz CT molecular complexity index is 680. The first-order chi connectivity index (χ1) is 10.6. The summed E-state index contributed by atoms with van der Waals surface area (Å²) in [5.41, 5.74) is 1.95. The van der Waals surface area contributed by atoms with Crippen LogP contribution in [0.25, 0.3) is 0 Å². The summed E-state index contributed by atoms with van der Waals surface area (Å²) in [5.74, 6) is -1.87. The van der Waals surface area contributed by atoms with E-state index < -0.39 is 11.6 Å². The molecule has 2 heterocycles. The Hall–Kier alpha value is -2.28. The van der Waals surface area contributed by atoms with Crippen LogP contribution in [0.15, 0.2) is 24.4 Å². The predicted molar refractivity (Wildman–Crippen MR) is 77.5 cm³/mol. The molecule has 3 N–H and O–H groups in total. The number of amides is 1. The van der Waals surface area contributed by atoms with Crippen molar-refractivity contribution < 1.29 is 13.6 Å². The molecule has 1 unspecified atom stereocenters. The standard InChI is InChI=1S/C15H16F2N4O/c16-11-2-1-9(5-12(11)17)6-14(22)20-13-8-19-21-15(13)10-3-4-18-7-10/h1-2,5,8,10,18H,3-4,6-7H2,(H,19,21)(H,20,22). The van der Waals surface area contributed by atoms with E-state index in [1.165, 1.54) is 6.07 Å². The van der Waals surface area contributed by atoms with Crippen molar-refractivity contribution in [3.63, 3.8) is 0 Å². The molecule has 0 aliphatic carbocycles. The highest BCUT2D eigenvalue weighted by molar-refractivity contribution is 5.92. The highest BCUT2D eigenvalue weighted by Crippen LogP contribution is 2.26. The molecule has 1 amide bonds. The molecule has 0 spiro atoms. The molecule has 3 rings (SSSR count). The van der Waals surface area contributed by atoms with E-state index >= 15 is 0 Å². The van der Waals surface area contributed by atoms with E-state index in [-0.39, 0.29) is 12.3 Å². The molecular formula is C15H16F2N4O. The lowest BCUT2D eigenvalue weighted by Crippen LogP contribution is -2.16. The molecule has 22 heavy (non-hydrogen) atoms. The molecule has 1 fully saturated rings. The van der Waals surface area contributed by atoms with Crippen LogP contribution in [0.1, 0.15) is 23.6 Å². The lowest BCUT2D eigenvalue weighted by atomic mass is 10.0. The molecule has 7 heteroatoms. The molecule has 1 saturated heterocycles. The van der Waals surface area contributed by atoms with Crippen molar-refractivity contribution in [2.24, 2.45) is 0 Å². The van der Waals surface area contributed by atoms with Gasteiger partial charge in [0, 0.05) is 12.5 Å². The molecular weight excluding hydrogens is 290 g/mol. The molecule has 1 aliphatic heterocycles. The Labute approximate surface area is 126 Å². The van der Waals surface area contributed by atoms with Crippen LogP contribution in [0.5, 0.6) is 0 Å². The van der Waals surface area contributed by atoms with Crippen molar-refractivity contribution >= 4 is 11.6 Å². The number of hydrogen-bond acceptors (Lipinski definition) is 3. The Morgan fingerprint density at radius 1 is 1.36 bits per heavy atom. The molecule has 1 aliphatic rings. The van der Waals surface area contributed by atoms with Crippen LogP contribution in [-0.2, 0) is 11.2 Å². The summed E-state index contributed by atoms with van der Waals surface area (Å²) < 4.78 is 26.0. The van der Waals surface area contributed by atoms with E-state index in [2.05, 4.69) is 20.8 Å². The summed E-state index contributed by atoms with van der Waals surface area (Å²) in [7, 11) is 0. The quantitative estimate of drug-likeness (QED) is 0.808. The lowest BCUT2D eigenvalue weighted by molar-refractivity contribution is -0.115. The van der Waals surface area contributed by atoms with Crippen LogP contribution in [-0.4, -0.2) is 29.2 Å². The minimum atomic E-state index is -0.952. The fourth-order valence-electron chi connectivity index (χ4n) is 2.64. The zero-order chi connectivity index (χ0) is 15.5. The number of aromatic amines is 1. The molecule has 1 aromatic carbocycles. The van der Waals surface area contributed by atoms with E-state index in [4.69, 9.17) is 0 Å². The Balaban J connectivity index is 1.67. The van der Waals surface area contributed by atoms with Crippen molar-refractivity contribution in [1.82, 2.24) is 15.5 Å². The van der Waals surface area contributed by atoms with Crippen molar-refractivity contribution in [3.8, 4) is 0 Å². The lowest BCUT2D eigenvalue weighted by Gasteiger charge is -2.10. The molecule has 5 nitrogen and oxygen atoms in total. The minimum absolute atomic E-state index is 0.0231. The smallest absolute Gasteiger partial charge is 0.228 e. The fourth-order valence-corrected chi connectivity index (χ4v) is 2.64. The number of carbonyl (C=O) groups is 1. The molecule has 0 saturated carbocycles. The van der Waals surface area contributed by atoms with Gasteiger partial charge in [0.15, 0.2) is 11.6 Å². The topological polar surface area (TPSA) is 69.8 Å². The number of nitrogens with zero attached hydrogens (tertiary/aromatic N) is 1. The average molecular weight is 306 g/mol. The van der Waals surface area contributed by atoms with Crippen LogP contribution < -0.4 is 10.6 Å². The highest BCUT2D eigenvalue weighted by Gasteiger charge is 2.22. The van der Waals surface area contributed by atoms with Crippen molar-refractivity contribution in [3.05, 3.63) is 47.3 Å². The number of rotatable bonds is 4. The van der Waals surface area contributed by atoms with Gasteiger partial charge in [-0.05, 0) is 30.7 Å². The average Bonchev–Trinajstić information content (AvgIpc) is 3.13. The van der Waals surface area contributed by atoms with E-state index in [0.717, 1.165) is 37.3 Å². The first-order valence-electron chi connectivity index (χ1n) is 7.11. The molecule has 1 atom stereocenters. The predicted octanol–water partition coefficient (Wildman–Crippen LogP) is 1.95. The number of nitrogens with one attached hydrogen (secondary N) is 3. The van der Waals surface area contributed by atoms with Gasteiger partial charge in [0.1, 0.15) is 0 Å². The zero-order valence-corrected chi connectivity index (χ0v) is 11.8. The van der Waals surface area contributed by atoms with Gasteiger partial charge in [0.25, 0.3) is 0 Å². The first kappa shape index (κ1) is 14.6. The van der Waals surface area contributed by atoms with Crippen LogP contribution in [0, 0.1) is 11.6 Å². The maximum absolute atomic E-state index is 13.1. The van der Waals surface area contributed by atoms with Gasteiger partial charge in [-0.25, -0.2) is 8.78 Å². The van der Waals surface area contributed by atoms with Crippen molar-refractivity contribution in [1.29, 1.82) is 0 Å². The van der Waals surface area contributed by atoms with Crippen LogP contribution in [0.4, 0.5) is 14.5 Å². The molecule has 0 radical (unpaired) electrons. The third kappa shape index (κ3) is 3.14. The largest absolute Gasteiger partial charge is 0.323 e. The summed E-state index contributed by atoms with van der Waals surface area (Å²) >= 11 is 0. The summed E-state index contributed by atoms with van der Waals surface area (Å²) in [5, 5.41) is 12.9. The first-order valence-corrected chi connectivity index (χ1v) is 7.11. The second-order valence-corrected chi connectivity index (χ2v) is 5.36. The molecule has 116 valence electrons. The van der Waals surface area contributed by atoms with E-state index in [0.29, 0.717) is 17.2 Å². The number of anilines is 1. The number of carbonyl (C=O) groups excluding carboxylic acids is 1. The monoisotopic (exact) mass is 306 g/mol.